The van der Waals surface area contributed by atoms with Gasteiger partial charge in [-0.2, -0.15) is 4.39 Å². The molecule has 5 atom stereocenters. The van der Waals surface area contributed by atoms with E-state index in [0.717, 1.165) is 10.8 Å². The highest BCUT2D eigenvalue weighted by Gasteiger charge is 2.46. The summed E-state index contributed by atoms with van der Waals surface area (Å²) in [7, 11) is -4.42. The van der Waals surface area contributed by atoms with Crippen molar-refractivity contribution in [2.24, 2.45) is 0 Å². The lowest BCUT2D eigenvalue weighted by molar-refractivity contribution is -0.139. The summed E-state index contributed by atoms with van der Waals surface area (Å²) in [6.07, 6.45) is -0.898. The van der Waals surface area contributed by atoms with Crippen LogP contribution in [0.4, 0.5) is 4.39 Å². The number of aromatic amines is 1. The second-order valence-corrected chi connectivity index (χ2v) is 20.3. The van der Waals surface area contributed by atoms with Crippen molar-refractivity contribution in [1.29, 1.82) is 0 Å². The Balaban J connectivity index is 1.79. The van der Waals surface area contributed by atoms with E-state index in [1.165, 1.54) is 0 Å². The fraction of sp³-hybridized carbons (Fsp3) is 0.840. The van der Waals surface area contributed by atoms with Gasteiger partial charge >= 0.3 is 13.4 Å². The van der Waals surface area contributed by atoms with Crippen LogP contribution in [0, 0.1) is 5.82 Å². The van der Waals surface area contributed by atoms with Crippen LogP contribution in [0.1, 0.15) is 53.7 Å². The molecule has 1 aromatic rings. The fourth-order valence-corrected chi connectivity index (χ4v) is 8.18. The molecule has 0 spiro atoms. The molecule has 3 rings (SSSR count). The molecule has 0 aromatic carbocycles. The van der Waals surface area contributed by atoms with Crippen molar-refractivity contribution in [3.63, 3.8) is 0 Å². The van der Waals surface area contributed by atoms with E-state index in [0.29, 0.717) is 24.0 Å². The van der Waals surface area contributed by atoms with E-state index in [2.05, 4.69) is 56.5 Å². The molecule has 16 heteroatoms. The van der Waals surface area contributed by atoms with Crippen molar-refractivity contribution in [3.05, 3.63) is 32.9 Å². The maximum absolute atomic E-state index is 14.1. The number of rotatable bonds is 13. The van der Waals surface area contributed by atoms with E-state index in [1.54, 1.807) is 11.7 Å². The molecule has 1 aromatic heterocycles. The minimum absolute atomic E-state index is 0.122. The molecular weight excluding hydrogens is 691 g/mol. The molecule has 41 heavy (non-hydrogen) atoms. The largest absolute Gasteiger partial charge is 0.411 e. The van der Waals surface area contributed by atoms with Crippen molar-refractivity contribution in [2.75, 3.05) is 37.8 Å². The highest BCUT2D eigenvalue weighted by molar-refractivity contribution is 14.1. The van der Waals surface area contributed by atoms with Gasteiger partial charge in [0.2, 0.25) is 5.82 Å². The summed E-state index contributed by atoms with van der Waals surface area (Å²) in [6.45, 7) is 15.0. The number of H-pyrrole nitrogens is 1. The van der Waals surface area contributed by atoms with Gasteiger partial charge in [-0.05, 0) is 45.4 Å². The van der Waals surface area contributed by atoms with Gasteiger partial charge in [-0.25, -0.2) is 14.0 Å². The molecule has 0 saturated carbocycles. The van der Waals surface area contributed by atoms with Crippen molar-refractivity contribution in [2.45, 2.75) is 95.9 Å². The molecule has 236 valence electrons. The third kappa shape index (κ3) is 9.02. The number of alkyl halides is 1. The monoisotopic (exact) mass is 735 g/mol. The Morgan fingerprint density at radius 3 is 2.56 bits per heavy atom. The highest BCUT2D eigenvalue weighted by Crippen LogP contribution is 2.52. The van der Waals surface area contributed by atoms with Gasteiger partial charge in [-0.15, -0.1) is 0 Å². The highest BCUT2D eigenvalue weighted by atomic mass is 127. The van der Waals surface area contributed by atoms with Gasteiger partial charge in [0.25, 0.3) is 5.56 Å². The molecule has 2 unspecified atom stereocenters. The summed E-state index contributed by atoms with van der Waals surface area (Å²) >= 11 is 2.19. The van der Waals surface area contributed by atoms with Gasteiger partial charge in [0, 0.05) is 17.4 Å². The molecule has 0 aliphatic carbocycles. The lowest BCUT2D eigenvalue weighted by Gasteiger charge is -2.39. The van der Waals surface area contributed by atoms with Gasteiger partial charge < -0.3 is 18.6 Å². The van der Waals surface area contributed by atoms with E-state index in [4.69, 9.17) is 27.7 Å². The van der Waals surface area contributed by atoms with Crippen LogP contribution in [0.15, 0.2) is 15.8 Å². The zero-order valence-electron chi connectivity index (χ0n) is 25.1. The first-order valence-electron chi connectivity index (χ1n) is 13.7. The Morgan fingerprint density at radius 1 is 1.29 bits per heavy atom. The van der Waals surface area contributed by atoms with Gasteiger partial charge in [-0.1, -0.05) is 43.4 Å². The second kappa shape index (κ2) is 13.7. The second-order valence-electron chi connectivity index (χ2n) is 12.3. The first-order chi connectivity index (χ1) is 18.9. The lowest BCUT2D eigenvalue weighted by Crippen LogP contribution is -2.46. The minimum atomic E-state index is -3.76. The lowest BCUT2D eigenvalue weighted by atomic mass is 10.2. The minimum Gasteiger partial charge on any atom is -0.411 e. The number of aromatic nitrogens is 2. The Labute approximate surface area is 255 Å². The Kier molecular flexibility index (Phi) is 11.7. The first-order valence-corrected chi connectivity index (χ1v) is 19.6. The molecule has 0 bridgehead atoms. The van der Waals surface area contributed by atoms with Gasteiger partial charge in [0.15, 0.2) is 14.1 Å². The molecule has 2 saturated heterocycles. The smallest absolute Gasteiger partial charge is 0.408 e. The fourth-order valence-electron chi connectivity index (χ4n) is 4.23. The summed E-state index contributed by atoms with van der Waals surface area (Å²) in [5.41, 5.74) is -1.90. The van der Waals surface area contributed by atoms with Crippen molar-refractivity contribution in [3.8, 4) is 0 Å². The molecule has 2 aliphatic heterocycles. The molecule has 1 N–H and O–H groups in total. The molecule has 2 fully saturated rings. The standard InChI is InChI=1S/C25H44FIN3O9PSi/c1-24(2,3)41(7,8)39-19-13-21(30-14-18(26)22(31)28-23(30)32)37-20(19)16-36-40(33,29(6)11-10-27)35-12-9-17-15-34-25(4,5)38-17/h14,17,19-21H,9-13,15-16H2,1-8H3,(H,28,31,32)/t17?,19-,20+,21+,40?/m0/s1. The molecule has 0 radical (unpaired) electrons. The quantitative estimate of drug-likeness (QED) is 0.135. The number of halogens is 2. The predicted octanol–water partition coefficient (Wildman–Crippen LogP) is 4.40. The molecule has 12 nitrogen and oxygen atoms in total. The zero-order chi connectivity index (χ0) is 30.8. The van der Waals surface area contributed by atoms with E-state index >= 15 is 0 Å². The zero-order valence-corrected chi connectivity index (χ0v) is 29.2. The summed E-state index contributed by atoms with van der Waals surface area (Å²) < 4.78 is 67.4. The Morgan fingerprint density at radius 2 is 1.98 bits per heavy atom. The average molecular weight is 736 g/mol. The molecule has 0 amide bonds. The van der Waals surface area contributed by atoms with Crippen LogP contribution in [-0.4, -0.2) is 84.5 Å². The van der Waals surface area contributed by atoms with Crippen molar-refractivity contribution >= 4 is 38.7 Å². The van der Waals surface area contributed by atoms with E-state index in [1.807, 2.05) is 18.8 Å². The Bertz CT molecular complexity index is 1210. The summed E-state index contributed by atoms with van der Waals surface area (Å²) in [5.74, 6) is -1.78. The molecule has 2 aliphatic rings. The predicted molar refractivity (Wildman–Crippen MR) is 162 cm³/mol. The maximum Gasteiger partial charge on any atom is 0.408 e. The van der Waals surface area contributed by atoms with Gasteiger partial charge in [-0.3, -0.25) is 23.4 Å². The van der Waals surface area contributed by atoms with E-state index < -0.39 is 57.4 Å². The number of nitrogens with one attached hydrogen (secondary N) is 1. The number of hydrogen-bond donors (Lipinski definition) is 1. The molecule has 3 heterocycles. The summed E-state index contributed by atoms with van der Waals surface area (Å²) in [5, 5.41) is -0.128. The van der Waals surface area contributed by atoms with Gasteiger partial charge in [0.1, 0.15) is 12.3 Å². The van der Waals surface area contributed by atoms with Crippen LogP contribution < -0.4 is 11.2 Å². The van der Waals surface area contributed by atoms with E-state index in [9.17, 15) is 18.5 Å². The topological polar surface area (TPSA) is 131 Å². The average Bonchev–Trinajstić information content (AvgIpc) is 3.41. The maximum atomic E-state index is 14.1. The van der Waals surface area contributed by atoms with Crippen LogP contribution in [0.5, 0.6) is 0 Å². The summed E-state index contributed by atoms with van der Waals surface area (Å²) in [6, 6.07) is 0. The number of hydrogen-bond acceptors (Lipinski definition) is 9. The van der Waals surface area contributed by atoms with Gasteiger partial charge in [0.05, 0.1) is 38.2 Å². The first kappa shape index (κ1) is 35.0. The third-order valence-electron chi connectivity index (χ3n) is 7.66. The van der Waals surface area contributed by atoms with Crippen molar-refractivity contribution in [1.82, 2.24) is 14.2 Å². The SMILES string of the molecule is CN(CCI)P(=O)(OCCC1COC(C)(C)O1)OC[C@H]1O[C@@H](n2cc(F)c(=O)[nH]c2=O)C[C@@H]1O[Si](C)(C)C(C)(C)C. The Hall–Kier alpha value is -0.493. The third-order valence-corrected chi connectivity index (χ3v) is 14.7. The van der Waals surface area contributed by atoms with Crippen LogP contribution in [0.25, 0.3) is 0 Å². The van der Waals surface area contributed by atoms with Crippen LogP contribution in [0.3, 0.4) is 0 Å². The normalized spacial score (nSPS) is 26.5. The summed E-state index contributed by atoms with van der Waals surface area (Å²) in [4.78, 5) is 26.0. The van der Waals surface area contributed by atoms with Crippen LogP contribution in [-0.2, 0) is 32.2 Å². The van der Waals surface area contributed by atoms with Crippen LogP contribution in [0.2, 0.25) is 18.1 Å². The number of nitrogens with zero attached hydrogens (tertiary/aromatic N) is 2. The van der Waals surface area contributed by atoms with Crippen LogP contribution >= 0.6 is 30.3 Å². The molecular formula is C25H44FIN3O9PSi. The number of ether oxygens (including phenoxy) is 3. The van der Waals surface area contributed by atoms with E-state index in [-0.39, 0.29) is 30.8 Å². The van der Waals surface area contributed by atoms with Crippen molar-refractivity contribution < 1.29 is 36.6 Å².